The number of hydrogen-bond donors (Lipinski definition) is 2. The van der Waals surface area contributed by atoms with Crippen LogP contribution in [0.5, 0.6) is 0 Å². The first-order valence-electron chi connectivity index (χ1n) is 7.41. The number of rotatable bonds is 5. The smallest absolute Gasteiger partial charge is 0.317 e. The summed E-state index contributed by atoms with van der Waals surface area (Å²) in [5.41, 5.74) is 0.294. The van der Waals surface area contributed by atoms with Gasteiger partial charge in [0.15, 0.2) is 0 Å². The Morgan fingerprint density at radius 2 is 2.20 bits per heavy atom. The van der Waals surface area contributed by atoms with E-state index in [1.807, 2.05) is 0 Å². The van der Waals surface area contributed by atoms with Crippen LogP contribution in [0.25, 0.3) is 0 Å². The zero-order valence-electron chi connectivity index (χ0n) is 12.1. The summed E-state index contributed by atoms with van der Waals surface area (Å²) in [6, 6.07) is -0.0941. The lowest BCUT2D eigenvalue weighted by atomic mass is 9.67. The van der Waals surface area contributed by atoms with Crippen molar-refractivity contribution in [3.63, 3.8) is 0 Å². The van der Waals surface area contributed by atoms with Gasteiger partial charge in [0.05, 0.1) is 19.1 Å². The van der Waals surface area contributed by atoms with E-state index in [0.717, 1.165) is 13.0 Å². The van der Waals surface area contributed by atoms with Crippen molar-refractivity contribution in [1.29, 1.82) is 0 Å². The molecule has 0 bridgehead atoms. The molecule has 1 unspecified atom stereocenters. The molecule has 0 radical (unpaired) electrons. The van der Waals surface area contributed by atoms with Gasteiger partial charge >= 0.3 is 12.0 Å². The van der Waals surface area contributed by atoms with E-state index < -0.39 is 12.1 Å². The Morgan fingerprint density at radius 1 is 1.45 bits per heavy atom. The lowest BCUT2D eigenvalue weighted by Gasteiger charge is -2.42. The van der Waals surface area contributed by atoms with E-state index in [-0.39, 0.29) is 12.5 Å². The molecule has 2 amide bonds. The van der Waals surface area contributed by atoms with Crippen LogP contribution >= 0.6 is 0 Å². The topological polar surface area (TPSA) is 78.9 Å². The summed E-state index contributed by atoms with van der Waals surface area (Å²) in [6.45, 7) is 4.19. The normalized spacial score (nSPS) is 24.9. The highest BCUT2D eigenvalue weighted by atomic mass is 16.5. The van der Waals surface area contributed by atoms with Gasteiger partial charge in [-0.3, -0.25) is 4.79 Å². The highest BCUT2D eigenvalue weighted by Crippen LogP contribution is 2.43. The molecule has 0 spiro atoms. The zero-order chi connectivity index (χ0) is 14.6. The molecule has 6 heteroatoms. The van der Waals surface area contributed by atoms with Gasteiger partial charge in [-0.2, -0.15) is 0 Å². The Kier molecular flexibility index (Phi) is 4.86. The molecule has 2 rings (SSSR count). The number of morpholine rings is 1. The van der Waals surface area contributed by atoms with Crippen LogP contribution in [-0.2, 0) is 9.53 Å². The van der Waals surface area contributed by atoms with Gasteiger partial charge in [-0.25, -0.2) is 4.79 Å². The zero-order valence-corrected chi connectivity index (χ0v) is 12.1. The minimum Gasteiger partial charge on any atom is -0.481 e. The summed E-state index contributed by atoms with van der Waals surface area (Å²) in [6.07, 6.45) is 4.28. The van der Waals surface area contributed by atoms with Gasteiger partial charge in [-0.05, 0) is 24.7 Å². The van der Waals surface area contributed by atoms with Crippen molar-refractivity contribution in [2.75, 3.05) is 26.2 Å². The standard InChI is InChI=1S/C14H24N2O4/c1-2-14(4-3-5-14)10-15-13(19)16-6-7-20-11(9-16)8-12(17)18/h11H,2-10H2,1H3,(H,15,19)(H,17,18). The van der Waals surface area contributed by atoms with Gasteiger partial charge in [0.2, 0.25) is 0 Å². The number of aliphatic carboxylic acids is 1. The number of amides is 2. The van der Waals surface area contributed by atoms with Crippen LogP contribution in [0.4, 0.5) is 4.79 Å². The second-order valence-electron chi connectivity index (χ2n) is 5.90. The van der Waals surface area contributed by atoms with Gasteiger partial charge in [0, 0.05) is 19.6 Å². The van der Waals surface area contributed by atoms with E-state index in [1.165, 1.54) is 19.3 Å². The van der Waals surface area contributed by atoms with Crippen LogP contribution in [0.3, 0.4) is 0 Å². The van der Waals surface area contributed by atoms with Crippen molar-refractivity contribution >= 4 is 12.0 Å². The molecule has 0 aromatic carbocycles. The van der Waals surface area contributed by atoms with E-state index in [1.54, 1.807) is 4.90 Å². The molecule has 20 heavy (non-hydrogen) atoms. The maximum Gasteiger partial charge on any atom is 0.317 e. The van der Waals surface area contributed by atoms with Gasteiger partial charge in [-0.15, -0.1) is 0 Å². The average Bonchev–Trinajstić information content (AvgIpc) is 2.37. The Balaban J connectivity index is 1.78. The van der Waals surface area contributed by atoms with Crippen LogP contribution < -0.4 is 5.32 Å². The summed E-state index contributed by atoms with van der Waals surface area (Å²) in [4.78, 5) is 24.5. The Bertz CT molecular complexity index is 363. The Labute approximate surface area is 119 Å². The molecule has 1 saturated heterocycles. The molecule has 0 aromatic rings. The van der Waals surface area contributed by atoms with Crippen LogP contribution in [0.1, 0.15) is 39.0 Å². The summed E-state index contributed by atoms with van der Waals surface area (Å²) in [5, 5.41) is 11.8. The molecule has 1 aliphatic carbocycles. The first kappa shape index (κ1) is 15.1. The summed E-state index contributed by atoms with van der Waals surface area (Å²) in [5.74, 6) is -0.892. The highest BCUT2D eigenvalue weighted by Gasteiger charge is 2.36. The van der Waals surface area contributed by atoms with Crippen LogP contribution in [0.15, 0.2) is 0 Å². The second kappa shape index (κ2) is 6.43. The van der Waals surface area contributed by atoms with Crippen molar-refractivity contribution in [2.24, 2.45) is 5.41 Å². The lowest BCUT2D eigenvalue weighted by molar-refractivity contribution is -0.141. The first-order chi connectivity index (χ1) is 9.54. The van der Waals surface area contributed by atoms with E-state index in [9.17, 15) is 9.59 Å². The minimum atomic E-state index is -0.892. The predicted octanol–water partition coefficient (Wildman–Crippen LogP) is 1.45. The summed E-state index contributed by atoms with van der Waals surface area (Å²) in [7, 11) is 0. The molecule has 1 saturated carbocycles. The number of urea groups is 1. The second-order valence-corrected chi connectivity index (χ2v) is 5.90. The molecule has 1 heterocycles. The van der Waals surface area contributed by atoms with Crippen LogP contribution in [0.2, 0.25) is 0 Å². The fourth-order valence-electron chi connectivity index (χ4n) is 2.93. The molecule has 2 N–H and O–H groups in total. The van der Waals surface area contributed by atoms with Crippen molar-refractivity contribution in [1.82, 2.24) is 10.2 Å². The molecular weight excluding hydrogens is 260 g/mol. The maximum atomic E-state index is 12.1. The monoisotopic (exact) mass is 284 g/mol. The predicted molar refractivity (Wildman–Crippen MR) is 73.5 cm³/mol. The quantitative estimate of drug-likeness (QED) is 0.801. The minimum absolute atomic E-state index is 0.0529. The molecule has 2 aliphatic rings. The number of carbonyl (C=O) groups is 2. The maximum absolute atomic E-state index is 12.1. The number of nitrogens with zero attached hydrogens (tertiary/aromatic N) is 1. The Morgan fingerprint density at radius 3 is 2.75 bits per heavy atom. The molecule has 0 aromatic heterocycles. The number of hydrogen-bond acceptors (Lipinski definition) is 3. The van der Waals surface area contributed by atoms with Crippen molar-refractivity contribution < 1.29 is 19.4 Å². The van der Waals surface area contributed by atoms with Gasteiger partial charge in [0.25, 0.3) is 0 Å². The van der Waals surface area contributed by atoms with E-state index >= 15 is 0 Å². The van der Waals surface area contributed by atoms with E-state index in [4.69, 9.17) is 9.84 Å². The SMILES string of the molecule is CCC1(CNC(=O)N2CCOC(CC(=O)O)C2)CCC1. The summed E-state index contributed by atoms with van der Waals surface area (Å²) < 4.78 is 5.37. The number of ether oxygens (including phenoxy) is 1. The van der Waals surface area contributed by atoms with Gasteiger partial charge < -0.3 is 20.1 Å². The van der Waals surface area contributed by atoms with E-state index in [2.05, 4.69) is 12.2 Å². The van der Waals surface area contributed by atoms with Gasteiger partial charge in [-0.1, -0.05) is 13.3 Å². The number of carboxylic acid groups (broad SMARTS) is 1. The molecule has 1 aliphatic heterocycles. The molecule has 1 atom stereocenters. The van der Waals surface area contributed by atoms with Crippen molar-refractivity contribution in [2.45, 2.75) is 45.1 Å². The van der Waals surface area contributed by atoms with Gasteiger partial charge in [0.1, 0.15) is 0 Å². The lowest BCUT2D eigenvalue weighted by Crippen LogP contribution is -2.52. The largest absolute Gasteiger partial charge is 0.481 e. The number of nitrogens with one attached hydrogen (secondary N) is 1. The fraction of sp³-hybridized carbons (Fsp3) is 0.857. The van der Waals surface area contributed by atoms with Crippen LogP contribution in [0, 0.1) is 5.41 Å². The van der Waals surface area contributed by atoms with E-state index in [0.29, 0.717) is 25.1 Å². The third-order valence-electron chi connectivity index (χ3n) is 4.61. The third kappa shape index (κ3) is 3.62. The first-order valence-corrected chi connectivity index (χ1v) is 7.41. The molecule has 114 valence electrons. The number of carboxylic acids is 1. The van der Waals surface area contributed by atoms with Crippen molar-refractivity contribution in [3.8, 4) is 0 Å². The third-order valence-corrected chi connectivity index (χ3v) is 4.61. The highest BCUT2D eigenvalue weighted by molar-refractivity contribution is 5.74. The molecule has 6 nitrogen and oxygen atoms in total. The molecule has 2 fully saturated rings. The fourth-order valence-corrected chi connectivity index (χ4v) is 2.93. The van der Waals surface area contributed by atoms with Crippen molar-refractivity contribution in [3.05, 3.63) is 0 Å². The summed E-state index contributed by atoms with van der Waals surface area (Å²) >= 11 is 0. The molecular formula is C14H24N2O4. The average molecular weight is 284 g/mol. The van der Waals surface area contributed by atoms with Crippen LogP contribution in [-0.4, -0.2) is 54.4 Å². The number of carbonyl (C=O) groups excluding carboxylic acids is 1. The Hall–Kier alpha value is -1.30.